The number of anilines is 1. The third-order valence-corrected chi connectivity index (χ3v) is 4.64. The highest BCUT2D eigenvalue weighted by atomic mass is 32.1. The lowest BCUT2D eigenvalue weighted by Crippen LogP contribution is -1.93. The maximum atomic E-state index is 13.6. The lowest BCUT2D eigenvalue weighted by Gasteiger charge is -2.03. The number of hydrogen-bond donors (Lipinski definition) is 1. The number of benzene rings is 2. The highest BCUT2D eigenvalue weighted by Gasteiger charge is 2.12. The van der Waals surface area contributed by atoms with Crippen LogP contribution in [0.25, 0.3) is 16.8 Å². The minimum atomic E-state index is -0.470. The van der Waals surface area contributed by atoms with Gasteiger partial charge in [-0.2, -0.15) is 5.26 Å². The Balaban J connectivity index is 1.85. The van der Waals surface area contributed by atoms with Crippen LogP contribution < -0.4 is 5.32 Å². The minimum absolute atomic E-state index is 0.0267. The summed E-state index contributed by atoms with van der Waals surface area (Å²) in [4.78, 5) is 14.8. The number of non-ortho nitro benzene ring substituents is 1. The van der Waals surface area contributed by atoms with Crippen molar-refractivity contribution in [1.82, 2.24) is 4.98 Å². The van der Waals surface area contributed by atoms with Gasteiger partial charge in [0.05, 0.1) is 10.6 Å². The van der Waals surface area contributed by atoms with E-state index in [0.29, 0.717) is 27.5 Å². The van der Waals surface area contributed by atoms with Crippen LogP contribution in [0.2, 0.25) is 0 Å². The first-order valence-corrected chi connectivity index (χ1v) is 8.69. The van der Waals surface area contributed by atoms with Crippen molar-refractivity contribution in [3.8, 4) is 17.3 Å². The molecule has 0 aliphatic carbocycles. The summed E-state index contributed by atoms with van der Waals surface area (Å²) < 4.78 is 13.6. The molecule has 0 fully saturated rings. The van der Waals surface area contributed by atoms with Gasteiger partial charge in [-0.25, -0.2) is 9.37 Å². The SMILES string of the molecule is Cc1ccc(NC=C(C#N)c2nc(-c3cccc([N+](=O)[O-])c3)cs2)cc1F. The summed E-state index contributed by atoms with van der Waals surface area (Å²) in [6.45, 7) is 1.67. The van der Waals surface area contributed by atoms with Crippen LogP contribution in [0.15, 0.2) is 54.0 Å². The first-order valence-electron chi connectivity index (χ1n) is 7.81. The number of nitro groups is 1. The van der Waals surface area contributed by atoms with E-state index < -0.39 is 4.92 Å². The number of hydrogen-bond acceptors (Lipinski definition) is 6. The summed E-state index contributed by atoms with van der Waals surface area (Å²) in [5.74, 6) is -0.339. The molecule has 0 spiro atoms. The van der Waals surface area contributed by atoms with Gasteiger partial charge in [0, 0.05) is 35.0 Å². The molecule has 8 heteroatoms. The zero-order valence-corrected chi connectivity index (χ0v) is 15.0. The molecule has 1 aromatic heterocycles. The summed E-state index contributed by atoms with van der Waals surface area (Å²) in [6, 6.07) is 12.9. The molecule has 0 atom stereocenters. The number of halogens is 1. The quantitative estimate of drug-likeness (QED) is 0.376. The molecule has 0 unspecified atom stereocenters. The van der Waals surface area contributed by atoms with Crippen LogP contribution >= 0.6 is 11.3 Å². The van der Waals surface area contributed by atoms with Crippen LogP contribution in [0.3, 0.4) is 0 Å². The van der Waals surface area contributed by atoms with Crippen molar-refractivity contribution in [2.24, 2.45) is 0 Å². The predicted molar refractivity (Wildman–Crippen MR) is 103 cm³/mol. The minimum Gasteiger partial charge on any atom is -0.360 e. The molecule has 0 aliphatic heterocycles. The predicted octanol–water partition coefficient (Wildman–Crippen LogP) is 5.14. The van der Waals surface area contributed by atoms with Gasteiger partial charge in [-0.15, -0.1) is 11.3 Å². The van der Waals surface area contributed by atoms with Crippen molar-refractivity contribution in [3.63, 3.8) is 0 Å². The van der Waals surface area contributed by atoms with E-state index in [4.69, 9.17) is 0 Å². The Hall–Kier alpha value is -3.57. The fourth-order valence-corrected chi connectivity index (χ4v) is 3.08. The van der Waals surface area contributed by atoms with Gasteiger partial charge in [-0.1, -0.05) is 18.2 Å². The lowest BCUT2D eigenvalue weighted by atomic mass is 10.1. The van der Waals surface area contributed by atoms with Crippen molar-refractivity contribution >= 4 is 28.3 Å². The van der Waals surface area contributed by atoms with Crippen LogP contribution in [0, 0.1) is 34.2 Å². The second kappa shape index (κ2) is 7.76. The molecule has 0 bridgehead atoms. The number of aryl methyl sites for hydroxylation is 1. The molecule has 27 heavy (non-hydrogen) atoms. The first kappa shape index (κ1) is 18.2. The third-order valence-electron chi connectivity index (χ3n) is 3.76. The molecular weight excluding hydrogens is 367 g/mol. The van der Waals surface area contributed by atoms with Crippen LogP contribution in [0.5, 0.6) is 0 Å². The molecule has 0 aliphatic rings. The van der Waals surface area contributed by atoms with Crippen molar-refractivity contribution < 1.29 is 9.31 Å². The second-order valence-electron chi connectivity index (χ2n) is 5.62. The Morgan fingerprint density at radius 3 is 2.89 bits per heavy atom. The number of rotatable bonds is 5. The monoisotopic (exact) mass is 380 g/mol. The summed E-state index contributed by atoms with van der Waals surface area (Å²) in [5, 5.41) is 25.4. The molecule has 0 saturated carbocycles. The van der Waals surface area contributed by atoms with Gasteiger partial charge < -0.3 is 5.32 Å². The summed E-state index contributed by atoms with van der Waals surface area (Å²) >= 11 is 1.25. The van der Waals surface area contributed by atoms with Gasteiger partial charge >= 0.3 is 0 Å². The molecule has 3 aromatic rings. The Morgan fingerprint density at radius 1 is 1.37 bits per heavy atom. The zero-order chi connectivity index (χ0) is 19.4. The van der Waals surface area contributed by atoms with Crippen molar-refractivity contribution in [2.75, 3.05) is 5.32 Å². The molecule has 0 radical (unpaired) electrons. The highest BCUT2D eigenvalue weighted by molar-refractivity contribution is 7.11. The fraction of sp³-hybridized carbons (Fsp3) is 0.0526. The van der Waals surface area contributed by atoms with Crippen molar-refractivity contribution in [3.05, 3.63) is 80.5 Å². The molecule has 0 saturated heterocycles. The molecule has 3 rings (SSSR count). The van der Waals surface area contributed by atoms with Crippen LogP contribution in [0.4, 0.5) is 15.8 Å². The van der Waals surface area contributed by atoms with Crippen LogP contribution in [-0.2, 0) is 0 Å². The Morgan fingerprint density at radius 2 is 2.19 bits per heavy atom. The number of nitrogens with one attached hydrogen (secondary N) is 1. The average Bonchev–Trinajstić information content (AvgIpc) is 3.15. The first-order chi connectivity index (χ1) is 13.0. The van der Waals surface area contributed by atoms with Gasteiger partial charge in [-0.05, 0) is 24.6 Å². The van der Waals surface area contributed by atoms with Gasteiger partial charge in [0.25, 0.3) is 5.69 Å². The van der Waals surface area contributed by atoms with Crippen molar-refractivity contribution in [2.45, 2.75) is 6.92 Å². The molecule has 1 N–H and O–H groups in total. The average molecular weight is 380 g/mol. The van der Waals surface area contributed by atoms with Crippen molar-refractivity contribution in [1.29, 1.82) is 5.26 Å². The second-order valence-corrected chi connectivity index (χ2v) is 6.48. The largest absolute Gasteiger partial charge is 0.360 e. The zero-order valence-electron chi connectivity index (χ0n) is 14.1. The maximum absolute atomic E-state index is 13.6. The number of nitro benzene ring substituents is 1. The fourth-order valence-electron chi connectivity index (χ4n) is 2.29. The Bertz CT molecular complexity index is 1090. The highest BCUT2D eigenvalue weighted by Crippen LogP contribution is 2.28. The van der Waals surface area contributed by atoms with E-state index in [9.17, 15) is 19.8 Å². The number of nitrogens with zero attached hydrogens (tertiary/aromatic N) is 3. The molecule has 6 nitrogen and oxygen atoms in total. The van der Waals surface area contributed by atoms with E-state index in [0.717, 1.165) is 0 Å². The lowest BCUT2D eigenvalue weighted by molar-refractivity contribution is -0.384. The molecule has 0 amide bonds. The number of aromatic nitrogens is 1. The molecule has 1 heterocycles. The van der Waals surface area contributed by atoms with E-state index >= 15 is 0 Å². The van der Waals surface area contributed by atoms with Gasteiger partial charge in [0.15, 0.2) is 0 Å². The van der Waals surface area contributed by atoms with Gasteiger partial charge in [-0.3, -0.25) is 10.1 Å². The molecule has 134 valence electrons. The third kappa shape index (κ3) is 4.16. The van der Waals surface area contributed by atoms with Crippen LogP contribution in [0.1, 0.15) is 10.6 Å². The van der Waals surface area contributed by atoms with E-state index in [2.05, 4.69) is 16.4 Å². The van der Waals surface area contributed by atoms with E-state index in [1.54, 1.807) is 36.6 Å². The number of thiazole rings is 1. The summed E-state index contributed by atoms with van der Waals surface area (Å²) in [7, 11) is 0. The van der Waals surface area contributed by atoms with Crippen LogP contribution in [-0.4, -0.2) is 9.91 Å². The molecule has 2 aromatic carbocycles. The maximum Gasteiger partial charge on any atom is 0.270 e. The number of nitriles is 1. The summed E-state index contributed by atoms with van der Waals surface area (Å²) in [6.07, 6.45) is 1.46. The number of allylic oxidation sites excluding steroid dienone is 1. The van der Waals surface area contributed by atoms with E-state index in [1.807, 2.05) is 0 Å². The summed E-state index contributed by atoms with van der Waals surface area (Å²) in [5.41, 5.74) is 2.44. The normalized spacial score (nSPS) is 11.1. The smallest absolute Gasteiger partial charge is 0.270 e. The molecular formula is C19H13FN4O2S. The Labute approximate surface area is 158 Å². The van der Waals surface area contributed by atoms with Gasteiger partial charge in [0.1, 0.15) is 22.5 Å². The standard InChI is InChI=1S/C19H13FN4O2S/c1-12-5-6-15(8-17(12)20)22-10-14(9-21)19-23-18(11-27-19)13-3-2-4-16(7-13)24(25)26/h2-8,10-11,22H,1H3. The topological polar surface area (TPSA) is 91.8 Å². The Kier molecular flexibility index (Phi) is 5.24. The van der Waals surface area contributed by atoms with E-state index in [-0.39, 0.29) is 17.1 Å². The van der Waals surface area contributed by atoms with Gasteiger partial charge in [0.2, 0.25) is 0 Å². The van der Waals surface area contributed by atoms with E-state index in [1.165, 1.54) is 35.7 Å².